The van der Waals surface area contributed by atoms with E-state index in [1.165, 1.54) is 6.42 Å². The zero-order valence-corrected chi connectivity index (χ0v) is 11.1. The summed E-state index contributed by atoms with van der Waals surface area (Å²) < 4.78 is 0. The minimum absolute atomic E-state index is 0.269. The summed E-state index contributed by atoms with van der Waals surface area (Å²) in [5.41, 5.74) is 5.63. The summed E-state index contributed by atoms with van der Waals surface area (Å²) in [6, 6.07) is -0.269. The molecule has 0 saturated heterocycles. The first-order valence-corrected chi connectivity index (χ1v) is 6.61. The topological polar surface area (TPSA) is 58.7 Å². The van der Waals surface area contributed by atoms with E-state index >= 15 is 0 Å². The number of terminal acetylenes is 1. The second-order valence-corrected chi connectivity index (χ2v) is 5.70. The van der Waals surface area contributed by atoms with Crippen LogP contribution in [0.2, 0.25) is 0 Å². The van der Waals surface area contributed by atoms with E-state index in [1.54, 1.807) is 4.90 Å². The lowest BCUT2D eigenvalue weighted by Crippen LogP contribution is -2.57. The highest BCUT2D eigenvalue weighted by Gasteiger charge is 2.50. The van der Waals surface area contributed by atoms with E-state index < -0.39 is 5.54 Å². The number of carbonyl (C=O) groups is 1. The van der Waals surface area contributed by atoms with E-state index in [0.29, 0.717) is 24.2 Å². The summed E-state index contributed by atoms with van der Waals surface area (Å²) in [5, 5.41) is 0. The normalized spacial score (nSPS) is 31.9. The summed E-state index contributed by atoms with van der Waals surface area (Å²) in [5.74, 6) is 4.20. The molecule has 2 atom stereocenters. The van der Waals surface area contributed by atoms with Crippen LogP contribution in [0.3, 0.4) is 0 Å². The smallest absolute Gasteiger partial charge is 0.346 e. The van der Waals surface area contributed by atoms with Crippen LogP contribution in [0.25, 0.3) is 0 Å². The summed E-state index contributed by atoms with van der Waals surface area (Å²) in [4.78, 5) is 17.5. The molecule has 2 N–H and O–H groups in total. The number of amides is 2. The largest absolute Gasteiger partial charge is 0.385 e. The van der Waals surface area contributed by atoms with Gasteiger partial charge in [0.1, 0.15) is 11.4 Å². The van der Waals surface area contributed by atoms with Gasteiger partial charge in [0.2, 0.25) is 0 Å². The van der Waals surface area contributed by atoms with E-state index in [4.69, 9.17) is 12.2 Å². The van der Waals surface area contributed by atoms with Gasteiger partial charge in [0.15, 0.2) is 0 Å². The molecule has 2 unspecified atom stereocenters. The van der Waals surface area contributed by atoms with Crippen LogP contribution >= 0.6 is 0 Å². The lowest BCUT2D eigenvalue weighted by molar-refractivity contribution is 0.114. The van der Waals surface area contributed by atoms with Crippen molar-refractivity contribution in [1.29, 1.82) is 0 Å². The van der Waals surface area contributed by atoms with Crippen LogP contribution < -0.4 is 5.73 Å². The molecule has 0 aromatic heterocycles. The van der Waals surface area contributed by atoms with Gasteiger partial charge >= 0.3 is 6.03 Å². The minimum Gasteiger partial charge on any atom is -0.385 e. The molecule has 1 saturated carbocycles. The number of carbonyl (C=O) groups excluding carboxylic acids is 1. The van der Waals surface area contributed by atoms with Gasteiger partial charge < -0.3 is 5.73 Å². The number of hydrogen-bond donors (Lipinski definition) is 1. The van der Waals surface area contributed by atoms with Crippen LogP contribution in [0.5, 0.6) is 0 Å². The van der Waals surface area contributed by atoms with Crippen LogP contribution in [0.1, 0.15) is 39.5 Å². The van der Waals surface area contributed by atoms with Crippen molar-refractivity contribution in [3.8, 4) is 12.3 Å². The highest BCUT2D eigenvalue weighted by Crippen LogP contribution is 2.42. The Morgan fingerprint density at radius 3 is 3.00 bits per heavy atom. The maximum Gasteiger partial charge on any atom is 0.346 e. The first kappa shape index (κ1) is 12.9. The number of aliphatic imine (C=N–C) groups is 1. The predicted octanol–water partition coefficient (Wildman–Crippen LogP) is 2.00. The van der Waals surface area contributed by atoms with Gasteiger partial charge in [-0.2, -0.15) is 4.99 Å². The van der Waals surface area contributed by atoms with Crippen molar-refractivity contribution in [2.45, 2.75) is 45.1 Å². The lowest BCUT2D eigenvalue weighted by Gasteiger charge is -2.44. The monoisotopic (exact) mass is 247 g/mol. The molecule has 0 aromatic carbocycles. The van der Waals surface area contributed by atoms with Gasteiger partial charge in [0.25, 0.3) is 0 Å². The Hall–Kier alpha value is -1.50. The highest BCUT2D eigenvalue weighted by atomic mass is 16.2. The van der Waals surface area contributed by atoms with Gasteiger partial charge in [-0.15, -0.1) is 6.42 Å². The zero-order valence-electron chi connectivity index (χ0n) is 11.1. The van der Waals surface area contributed by atoms with E-state index in [0.717, 1.165) is 19.3 Å². The number of hydrogen-bond acceptors (Lipinski definition) is 2. The summed E-state index contributed by atoms with van der Waals surface area (Å²) in [7, 11) is 0. The van der Waals surface area contributed by atoms with E-state index in [9.17, 15) is 4.79 Å². The number of urea groups is 1. The molecule has 2 rings (SSSR count). The Morgan fingerprint density at radius 2 is 2.39 bits per heavy atom. The quantitative estimate of drug-likeness (QED) is 0.759. The molecule has 0 radical (unpaired) electrons. The lowest BCUT2D eigenvalue weighted by atomic mass is 9.70. The number of amidine groups is 1. The van der Waals surface area contributed by atoms with Crippen molar-refractivity contribution in [2.75, 3.05) is 6.54 Å². The average molecular weight is 247 g/mol. The highest BCUT2D eigenvalue weighted by molar-refractivity contribution is 6.06. The molecule has 2 amide bonds. The molecular weight excluding hydrogens is 226 g/mol. The second-order valence-electron chi connectivity index (χ2n) is 5.70. The molecule has 4 heteroatoms. The molecule has 2 aliphatic rings. The fraction of sp³-hybridized carbons (Fsp3) is 0.714. The average Bonchev–Trinajstić information content (AvgIpc) is 2.54. The van der Waals surface area contributed by atoms with Crippen molar-refractivity contribution in [3.05, 3.63) is 0 Å². The molecule has 98 valence electrons. The third kappa shape index (κ3) is 1.88. The van der Waals surface area contributed by atoms with Gasteiger partial charge in [-0.1, -0.05) is 32.6 Å². The fourth-order valence-electron chi connectivity index (χ4n) is 3.24. The van der Waals surface area contributed by atoms with Gasteiger partial charge in [-0.25, -0.2) is 4.79 Å². The predicted molar refractivity (Wildman–Crippen MR) is 72.1 cm³/mol. The maximum absolute atomic E-state index is 11.9. The minimum atomic E-state index is -0.406. The van der Waals surface area contributed by atoms with Crippen molar-refractivity contribution in [1.82, 2.24) is 4.90 Å². The Balaban J connectivity index is 2.29. The Bertz CT molecular complexity index is 421. The first-order chi connectivity index (χ1) is 8.51. The van der Waals surface area contributed by atoms with Gasteiger partial charge in [0, 0.05) is 0 Å². The van der Waals surface area contributed by atoms with Crippen LogP contribution in [0, 0.1) is 24.2 Å². The summed E-state index contributed by atoms with van der Waals surface area (Å²) in [6.45, 7) is 4.74. The summed E-state index contributed by atoms with van der Waals surface area (Å²) >= 11 is 0. The van der Waals surface area contributed by atoms with E-state index in [2.05, 4.69) is 24.8 Å². The molecule has 1 aliphatic heterocycles. The standard InChI is InChI=1S/C14H21N3O/c1-4-8-17-13(18)16-12(15)14(17)7-5-6-11(9-14)10(2)3/h1,10-11H,5-9H2,2-3H3,(H2,15,16,18). The van der Waals surface area contributed by atoms with E-state index in [-0.39, 0.29) is 6.03 Å². The van der Waals surface area contributed by atoms with Crippen LogP contribution in [0.4, 0.5) is 4.79 Å². The molecule has 0 bridgehead atoms. The van der Waals surface area contributed by atoms with Crippen LogP contribution in [0.15, 0.2) is 4.99 Å². The Labute approximate surface area is 109 Å². The SMILES string of the molecule is C#CCN1C(=O)N=C(N)C12CCCC(C(C)C)C2. The van der Waals surface area contributed by atoms with E-state index in [1.807, 2.05) is 0 Å². The van der Waals surface area contributed by atoms with Gasteiger partial charge in [-0.3, -0.25) is 4.90 Å². The van der Waals surface area contributed by atoms with Crippen molar-refractivity contribution in [2.24, 2.45) is 22.6 Å². The Kier molecular flexibility index (Phi) is 3.34. The molecule has 1 aliphatic carbocycles. The molecule has 4 nitrogen and oxygen atoms in total. The number of nitrogens with two attached hydrogens (primary N) is 1. The van der Waals surface area contributed by atoms with Gasteiger partial charge in [-0.05, 0) is 24.7 Å². The first-order valence-electron chi connectivity index (χ1n) is 6.61. The third-order valence-electron chi connectivity index (χ3n) is 4.40. The van der Waals surface area contributed by atoms with Crippen LogP contribution in [-0.2, 0) is 0 Å². The number of nitrogens with zero attached hydrogens (tertiary/aromatic N) is 2. The Morgan fingerprint density at radius 1 is 1.67 bits per heavy atom. The molecule has 1 heterocycles. The zero-order chi connectivity index (χ0) is 13.3. The molecule has 18 heavy (non-hydrogen) atoms. The van der Waals surface area contributed by atoms with Crippen molar-refractivity contribution >= 4 is 11.9 Å². The summed E-state index contributed by atoms with van der Waals surface area (Å²) in [6.07, 6.45) is 9.42. The fourth-order valence-corrected chi connectivity index (χ4v) is 3.24. The van der Waals surface area contributed by atoms with Crippen molar-refractivity contribution < 1.29 is 4.79 Å². The van der Waals surface area contributed by atoms with Crippen molar-refractivity contribution in [3.63, 3.8) is 0 Å². The molecular formula is C14H21N3O. The molecule has 1 spiro atoms. The second kappa shape index (κ2) is 4.64. The number of rotatable bonds is 2. The maximum atomic E-state index is 11.9. The van der Waals surface area contributed by atoms with Gasteiger partial charge in [0.05, 0.1) is 6.54 Å². The van der Waals surface area contributed by atoms with Crippen LogP contribution in [-0.4, -0.2) is 28.9 Å². The molecule has 0 aromatic rings. The molecule has 1 fully saturated rings. The third-order valence-corrected chi connectivity index (χ3v) is 4.40.